The standard InChI is InChI=1S/C11H22N4/c1-4-6-12-10(7-9(3)5-2)11-8-13-15-14-11/h8-10,12H,4-7H2,1-3H3,(H,13,14,15). The van der Waals surface area contributed by atoms with E-state index in [-0.39, 0.29) is 0 Å². The van der Waals surface area contributed by atoms with Gasteiger partial charge in [-0.1, -0.05) is 27.2 Å². The number of hydrogen-bond acceptors (Lipinski definition) is 3. The lowest BCUT2D eigenvalue weighted by Gasteiger charge is -2.19. The minimum Gasteiger partial charge on any atom is -0.309 e. The van der Waals surface area contributed by atoms with Crippen LogP contribution < -0.4 is 5.32 Å². The Morgan fingerprint density at radius 1 is 1.47 bits per heavy atom. The van der Waals surface area contributed by atoms with Crippen LogP contribution in [-0.2, 0) is 0 Å². The summed E-state index contributed by atoms with van der Waals surface area (Å²) in [5.74, 6) is 0.719. The summed E-state index contributed by atoms with van der Waals surface area (Å²) in [4.78, 5) is 0. The number of nitrogens with one attached hydrogen (secondary N) is 2. The molecule has 1 aromatic rings. The second-order valence-electron chi connectivity index (χ2n) is 4.15. The summed E-state index contributed by atoms with van der Waals surface area (Å²) in [6, 6.07) is 0.346. The highest BCUT2D eigenvalue weighted by Crippen LogP contribution is 2.20. The van der Waals surface area contributed by atoms with Gasteiger partial charge < -0.3 is 5.32 Å². The normalized spacial score (nSPS) is 15.1. The smallest absolute Gasteiger partial charge is 0.0993 e. The van der Waals surface area contributed by atoms with Crippen molar-refractivity contribution in [2.24, 2.45) is 5.92 Å². The number of hydrogen-bond donors (Lipinski definition) is 2. The van der Waals surface area contributed by atoms with Crippen LogP contribution in [0.25, 0.3) is 0 Å². The van der Waals surface area contributed by atoms with E-state index in [1.807, 2.05) is 6.20 Å². The Morgan fingerprint density at radius 3 is 2.80 bits per heavy atom. The highest BCUT2D eigenvalue weighted by atomic mass is 15.3. The number of nitrogens with zero attached hydrogens (tertiary/aromatic N) is 2. The van der Waals surface area contributed by atoms with Crippen LogP contribution in [0.1, 0.15) is 51.8 Å². The lowest BCUT2D eigenvalue weighted by Crippen LogP contribution is -2.24. The average molecular weight is 210 g/mol. The molecular weight excluding hydrogens is 188 g/mol. The fourth-order valence-corrected chi connectivity index (χ4v) is 1.57. The molecule has 0 bridgehead atoms. The molecule has 0 saturated heterocycles. The van der Waals surface area contributed by atoms with Gasteiger partial charge in [0.05, 0.1) is 17.9 Å². The van der Waals surface area contributed by atoms with E-state index in [1.54, 1.807) is 0 Å². The summed E-state index contributed by atoms with van der Waals surface area (Å²) < 4.78 is 0. The maximum Gasteiger partial charge on any atom is 0.0993 e. The molecule has 0 spiro atoms. The van der Waals surface area contributed by atoms with Crippen LogP contribution >= 0.6 is 0 Å². The zero-order valence-corrected chi connectivity index (χ0v) is 9.95. The van der Waals surface area contributed by atoms with Crippen molar-refractivity contribution in [1.29, 1.82) is 0 Å². The van der Waals surface area contributed by atoms with Gasteiger partial charge in [-0.2, -0.15) is 15.4 Å². The van der Waals surface area contributed by atoms with E-state index in [0.717, 1.165) is 31.0 Å². The Kier molecular flexibility index (Phi) is 5.32. The Labute approximate surface area is 91.9 Å². The van der Waals surface area contributed by atoms with Gasteiger partial charge >= 0.3 is 0 Å². The highest BCUT2D eigenvalue weighted by molar-refractivity contribution is 4.99. The third-order valence-electron chi connectivity index (χ3n) is 2.77. The lowest BCUT2D eigenvalue weighted by molar-refractivity contribution is 0.396. The maximum atomic E-state index is 4.16. The van der Waals surface area contributed by atoms with Gasteiger partial charge in [0.2, 0.25) is 0 Å². The molecule has 2 unspecified atom stereocenters. The van der Waals surface area contributed by atoms with E-state index >= 15 is 0 Å². The van der Waals surface area contributed by atoms with E-state index in [1.165, 1.54) is 6.42 Å². The van der Waals surface area contributed by atoms with Crippen molar-refractivity contribution in [2.45, 2.75) is 46.1 Å². The SMILES string of the molecule is CCCNC(CC(C)CC)c1cn[nH]n1. The fraction of sp³-hybridized carbons (Fsp3) is 0.818. The van der Waals surface area contributed by atoms with E-state index in [0.29, 0.717) is 6.04 Å². The van der Waals surface area contributed by atoms with Crippen molar-refractivity contribution in [2.75, 3.05) is 6.54 Å². The molecule has 0 aliphatic carbocycles. The maximum absolute atomic E-state index is 4.16. The molecule has 1 heterocycles. The lowest BCUT2D eigenvalue weighted by atomic mass is 9.97. The molecule has 86 valence electrons. The molecule has 0 amide bonds. The molecule has 0 aliphatic rings. The molecule has 0 fully saturated rings. The predicted molar refractivity (Wildman–Crippen MR) is 61.5 cm³/mol. The van der Waals surface area contributed by atoms with Gasteiger partial charge in [0.25, 0.3) is 0 Å². The van der Waals surface area contributed by atoms with Crippen LogP contribution in [0.5, 0.6) is 0 Å². The summed E-state index contributed by atoms with van der Waals surface area (Å²) in [6.45, 7) is 7.72. The van der Waals surface area contributed by atoms with Gasteiger partial charge in [0.1, 0.15) is 0 Å². The summed E-state index contributed by atoms with van der Waals surface area (Å²) in [6.07, 6.45) is 5.30. The van der Waals surface area contributed by atoms with Gasteiger partial charge in [-0.3, -0.25) is 0 Å². The first-order chi connectivity index (χ1) is 7.27. The van der Waals surface area contributed by atoms with Gasteiger partial charge in [-0.15, -0.1) is 0 Å². The molecule has 4 heteroatoms. The summed E-state index contributed by atoms with van der Waals surface area (Å²) in [7, 11) is 0. The summed E-state index contributed by atoms with van der Waals surface area (Å²) in [5.41, 5.74) is 1.03. The second-order valence-corrected chi connectivity index (χ2v) is 4.15. The van der Waals surface area contributed by atoms with Crippen molar-refractivity contribution in [3.63, 3.8) is 0 Å². The first-order valence-corrected chi connectivity index (χ1v) is 5.86. The fourth-order valence-electron chi connectivity index (χ4n) is 1.57. The molecule has 2 N–H and O–H groups in total. The van der Waals surface area contributed by atoms with E-state index in [9.17, 15) is 0 Å². The Balaban J connectivity index is 2.53. The minimum absolute atomic E-state index is 0.346. The molecule has 0 radical (unpaired) electrons. The van der Waals surface area contributed by atoms with Gasteiger partial charge in [-0.05, 0) is 25.3 Å². The van der Waals surface area contributed by atoms with Crippen LogP contribution in [0.4, 0.5) is 0 Å². The molecule has 1 rings (SSSR count). The number of rotatable bonds is 7. The van der Waals surface area contributed by atoms with Crippen molar-refractivity contribution >= 4 is 0 Å². The number of aromatic nitrogens is 3. The predicted octanol–water partition coefficient (Wildman–Crippen LogP) is 2.28. The zero-order chi connectivity index (χ0) is 11.1. The molecule has 0 aromatic carbocycles. The Hall–Kier alpha value is -0.900. The van der Waals surface area contributed by atoms with E-state index in [2.05, 4.69) is 41.5 Å². The van der Waals surface area contributed by atoms with Crippen LogP contribution in [0.3, 0.4) is 0 Å². The van der Waals surface area contributed by atoms with Gasteiger partial charge in [-0.25, -0.2) is 0 Å². The number of aromatic amines is 1. The van der Waals surface area contributed by atoms with Crippen LogP contribution in [0, 0.1) is 5.92 Å². The van der Waals surface area contributed by atoms with Crippen molar-refractivity contribution in [3.8, 4) is 0 Å². The van der Waals surface area contributed by atoms with Crippen molar-refractivity contribution < 1.29 is 0 Å². The van der Waals surface area contributed by atoms with Gasteiger partial charge in [0, 0.05) is 0 Å². The molecule has 0 aliphatic heterocycles. The van der Waals surface area contributed by atoms with Crippen molar-refractivity contribution in [1.82, 2.24) is 20.7 Å². The second kappa shape index (κ2) is 6.56. The third-order valence-corrected chi connectivity index (χ3v) is 2.77. The molecule has 15 heavy (non-hydrogen) atoms. The third kappa shape index (κ3) is 4.00. The number of H-pyrrole nitrogens is 1. The zero-order valence-electron chi connectivity index (χ0n) is 9.95. The van der Waals surface area contributed by atoms with E-state index < -0.39 is 0 Å². The Bertz CT molecular complexity index is 245. The van der Waals surface area contributed by atoms with Crippen LogP contribution in [-0.4, -0.2) is 22.0 Å². The summed E-state index contributed by atoms with van der Waals surface area (Å²) in [5, 5.41) is 14.2. The monoisotopic (exact) mass is 210 g/mol. The van der Waals surface area contributed by atoms with E-state index in [4.69, 9.17) is 0 Å². The highest BCUT2D eigenvalue weighted by Gasteiger charge is 2.15. The Morgan fingerprint density at radius 2 is 2.27 bits per heavy atom. The average Bonchev–Trinajstić information content (AvgIpc) is 2.77. The largest absolute Gasteiger partial charge is 0.309 e. The first-order valence-electron chi connectivity index (χ1n) is 5.86. The minimum atomic E-state index is 0.346. The van der Waals surface area contributed by atoms with Crippen LogP contribution in [0.15, 0.2) is 6.20 Å². The quantitative estimate of drug-likeness (QED) is 0.726. The topological polar surface area (TPSA) is 53.6 Å². The van der Waals surface area contributed by atoms with Gasteiger partial charge in [0.15, 0.2) is 0 Å². The van der Waals surface area contributed by atoms with Crippen molar-refractivity contribution in [3.05, 3.63) is 11.9 Å². The summed E-state index contributed by atoms with van der Waals surface area (Å²) >= 11 is 0. The van der Waals surface area contributed by atoms with Crippen LogP contribution in [0.2, 0.25) is 0 Å². The first kappa shape index (κ1) is 12.2. The molecule has 0 saturated carbocycles. The molecular formula is C11H22N4. The molecule has 1 aromatic heterocycles. The molecule has 2 atom stereocenters. The molecule has 4 nitrogen and oxygen atoms in total.